The number of hydrogen-bond acceptors (Lipinski definition) is 4. The lowest BCUT2D eigenvalue weighted by molar-refractivity contribution is -0.0863. The van der Waals surface area contributed by atoms with Crippen LogP contribution in [0.5, 0.6) is 11.5 Å². The van der Waals surface area contributed by atoms with Crippen LogP contribution in [-0.2, 0) is 0 Å². The summed E-state index contributed by atoms with van der Waals surface area (Å²) in [7, 11) is 3.35. The number of nitrogens with one attached hydrogen (secondary N) is 1. The van der Waals surface area contributed by atoms with Crippen molar-refractivity contribution in [3.8, 4) is 11.5 Å². The molecule has 3 atom stereocenters. The summed E-state index contributed by atoms with van der Waals surface area (Å²) in [4.78, 5) is 0. The fourth-order valence-electron chi connectivity index (χ4n) is 4.03. The predicted molar refractivity (Wildman–Crippen MR) is 81.8 cm³/mol. The van der Waals surface area contributed by atoms with Crippen LogP contribution in [0.15, 0.2) is 18.2 Å². The van der Waals surface area contributed by atoms with E-state index < -0.39 is 5.60 Å². The summed E-state index contributed by atoms with van der Waals surface area (Å²) >= 11 is 0. The maximum Gasteiger partial charge on any atom is 0.127 e. The molecule has 1 aromatic rings. The van der Waals surface area contributed by atoms with Gasteiger partial charge in [0.25, 0.3) is 0 Å². The lowest BCUT2D eigenvalue weighted by Crippen LogP contribution is -2.53. The van der Waals surface area contributed by atoms with E-state index in [2.05, 4.69) is 11.4 Å². The Morgan fingerprint density at radius 3 is 2.81 bits per heavy atom. The predicted octanol–water partition coefficient (Wildman–Crippen LogP) is 2.66. The van der Waals surface area contributed by atoms with Crippen molar-refractivity contribution in [1.29, 1.82) is 0 Å². The molecule has 0 spiro atoms. The van der Waals surface area contributed by atoms with Gasteiger partial charge in [0.2, 0.25) is 0 Å². The molecule has 4 heteroatoms. The van der Waals surface area contributed by atoms with Gasteiger partial charge >= 0.3 is 0 Å². The first-order chi connectivity index (χ1) is 10.2. The third-order valence-electron chi connectivity index (χ3n) is 5.17. The summed E-state index contributed by atoms with van der Waals surface area (Å²) in [5, 5.41) is 14.6. The van der Waals surface area contributed by atoms with Crippen molar-refractivity contribution in [1.82, 2.24) is 5.32 Å². The highest BCUT2D eigenvalue weighted by molar-refractivity contribution is 5.43. The minimum atomic E-state index is -0.515. The van der Waals surface area contributed by atoms with Gasteiger partial charge in [0.15, 0.2) is 0 Å². The Morgan fingerprint density at radius 2 is 2.05 bits per heavy atom. The van der Waals surface area contributed by atoms with E-state index in [0.717, 1.165) is 49.3 Å². The Labute approximate surface area is 126 Å². The third-order valence-corrected chi connectivity index (χ3v) is 5.17. The van der Waals surface area contributed by atoms with E-state index >= 15 is 0 Å². The van der Waals surface area contributed by atoms with Crippen LogP contribution in [0.2, 0.25) is 0 Å². The van der Waals surface area contributed by atoms with Gasteiger partial charge in [-0.1, -0.05) is 18.9 Å². The molecule has 4 nitrogen and oxygen atoms in total. The molecule has 1 aliphatic carbocycles. The van der Waals surface area contributed by atoms with Crippen molar-refractivity contribution in [3.05, 3.63) is 23.8 Å². The molecular weight excluding hydrogens is 266 g/mol. The first kappa shape index (κ1) is 14.7. The molecule has 0 aromatic heterocycles. The lowest BCUT2D eigenvalue weighted by Gasteiger charge is -2.48. The van der Waals surface area contributed by atoms with Crippen LogP contribution in [0.25, 0.3) is 0 Å². The number of aliphatic hydroxyl groups is 1. The molecule has 0 radical (unpaired) electrons. The number of rotatable bonds is 3. The summed E-state index contributed by atoms with van der Waals surface area (Å²) in [5.74, 6) is 1.90. The maximum atomic E-state index is 11.0. The summed E-state index contributed by atoms with van der Waals surface area (Å²) in [6.07, 6.45) is 5.19. The summed E-state index contributed by atoms with van der Waals surface area (Å²) in [5.41, 5.74) is 0.613. The monoisotopic (exact) mass is 291 g/mol. The second-order valence-electron chi connectivity index (χ2n) is 6.25. The van der Waals surface area contributed by atoms with Gasteiger partial charge in [-0.05, 0) is 31.9 Å². The Hall–Kier alpha value is -1.26. The van der Waals surface area contributed by atoms with Crippen molar-refractivity contribution in [2.24, 2.45) is 5.92 Å². The number of ether oxygens (including phenoxy) is 2. The Balaban J connectivity index is 1.95. The maximum absolute atomic E-state index is 11.0. The fourth-order valence-corrected chi connectivity index (χ4v) is 4.03. The van der Waals surface area contributed by atoms with Crippen LogP contribution in [0.1, 0.15) is 43.7 Å². The Morgan fingerprint density at radius 1 is 1.19 bits per heavy atom. The van der Waals surface area contributed by atoms with E-state index in [9.17, 15) is 5.11 Å². The van der Waals surface area contributed by atoms with Crippen molar-refractivity contribution >= 4 is 0 Å². The van der Waals surface area contributed by atoms with E-state index in [1.165, 1.54) is 6.42 Å². The first-order valence-corrected chi connectivity index (χ1v) is 7.85. The molecule has 3 rings (SSSR count). The smallest absolute Gasteiger partial charge is 0.127 e. The molecule has 1 aromatic carbocycles. The normalized spacial score (nSPS) is 32.3. The van der Waals surface area contributed by atoms with Gasteiger partial charge < -0.3 is 19.9 Å². The van der Waals surface area contributed by atoms with Crippen LogP contribution in [0.3, 0.4) is 0 Å². The first-order valence-electron chi connectivity index (χ1n) is 7.85. The molecule has 2 unspecified atom stereocenters. The largest absolute Gasteiger partial charge is 0.497 e. The van der Waals surface area contributed by atoms with Crippen LogP contribution >= 0.6 is 0 Å². The highest BCUT2D eigenvalue weighted by Gasteiger charge is 2.46. The molecule has 1 heterocycles. The zero-order valence-corrected chi connectivity index (χ0v) is 12.9. The van der Waals surface area contributed by atoms with Crippen molar-refractivity contribution in [3.63, 3.8) is 0 Å². The minimum Gasteiger partial charge on any atom is -0.497 e. The molecule has 0 amide bonds. The molecule has 2 fully saturated rings. The number of fused-ring (bicyclic) bond motifs is 1. The summed E-state index contributed by atoms with van der Waals surface area (Å²) in [6, 6.07) is 6.11. The zero-order chi connectivity index (χ0) is 14.9. The van der Waals surface area contributed by atoms with Gasteiger partial charge in [0, 0.05) is 23.6 Å². The average molecular weight is 291 g/mol. The highest BCUT2D eigenvalue weighted by atomic mass is 16.5. The van der Waals surface area contributed by atoms with Gasteiger partial charge in [-0.2, -0.15) is 0 Å². The fraction of sp³-hybridized carbons (Fsp3) is 0.647. The molecule has 1 aliphatic heterocycles. The Bertz CT molecular complexity index is 501. The molecular formula is C17H25NO3. The quantitative estimate of drug-likeness (QED) is 0.899. The molecule has 1 saturated carbocycles. The summed E-state index contributed by atoms with van der Waals surface area (Å²) in [6.45, 7) is 0.854. The van der Waals surface area contributed by atoms with Crippen molar-refractivity contribution < 1.29 is 14.6 Å². The number of methoxy groups -OCH3 is 2. The van der Waals surface area contributed by atoms with Crippen LogP contribution in [0, 0.1) is 5.92 Å². The van der Waals surface area contributed by atoms with Gasteiger partial charge in [-0.15, -0.1) is 0 Å². The molecule has 21 heavy (non-hydrogen) atoms. The van der Waals surface area contributed by atoms with Crippen molar-refractivity contribution in [2.45, 2.75) is 43.7 Å². The Kier molecular flexibility index (Phi) is 4.09. The molecule has 2 aliphatic rings. The number of hydrogen-bond donors (Lipinski definition) is 2. The molecule has 1 saturated heterocycles. The van der Waals surface area contributed by atoms with Gasteiger partial charge in [0.1, 0.15) is 11.5 Å². The van der Waals surface area contributed by atoms with E-state index in [1.54, 1.807) is 14.2 Å². The van der Waals surface area contributed by atoms with Crippen molar-refractivity contribution in [2.75, 3.05) is 20.8 Å². The SMILES string of the molecule is COc1ccc([C@@H]2NCCC3(O)CCCCC23)c(OC)c1. The van der Waals surface area contributed by atoms with E-state index in [1.807, 2.05) is 12.1 Å². The molecule has 2 N–H and O–H groups in total. The topological polar surface area (TPSA) is 50.7 Å². The van der Waals surface area contributed by atoms with Gasteiger partial charge in [-0.3, -0.25) is 0 Å². The molecule has 116 valence electrons. The van der Waals surface area contributed by atoms with Crippen LogP contribution in [-0.4, -0.2) is 31.5 Å². The lowest BCUT2D eigenvalue weighted by atomic mass is 9.66. The molecule has 0 bridgehead atoms. The minimum absolute atomic E-state index is 0.157. The van der Waals surface area contributed by atoms with Crippen LogP contribution in [0.4, 0.5) is 0 Å². The number of piperidine rings is 1. The van der Waals surface area contributed by atoms with Gasteiger partial charge in [-0.25, -0.2) is 0 Å². The van der Waals surface area contributed by atoms with E-state index in [0.29, 0.717) is 0 Å². The van der Waals surface area contributed by atoms with E-state index in [4.69, 9.17) is 9.47 Å². The number of benzene rings is 1. The standard InChI is InChI=1S/C17H25NO3/c1-20-12-6-7-13(15(11-12)21-2)16-14-5-3-4-8-17(14,19)9-10-18-16/h6-7,11,14,16,18-19H,3-5,8-10H2,1-2H3/t14?,16-,17?/m0/s1. The summed E-state index contributed by atoms with van der Waals surface area (Å²) < 4.78 is 10.8. The second kappa shape index (κ2) is 5.85. The average Bonchev–Trinajstić information content (AvgIpc) is 2.53. The van der Waals surface area contributed by atoms with Gasteiger partial charge in [0.05, 0.1) is 19.8 Å². The second-order valence-corrected chi connectivity index (χ2v) is 6.25. The zero-order valence-electron chi connectivity index (χ0n) is 12.9. The van der Waals surface area contributed by atoms with Crippen LogP contribution < -0.4 is 14.8 Å². The highest BCUT2D eigenvalue weighted by Crippen LogP contribution is 2.47. The third kappa shape index (κ3) is 2.62. The van der Waals surface area contributed by atoms with E-state index in [-0.39, 0.29) is 12.0 Å².